The SMILES string of the molecule is CCN(O)[C@@H](COc1ccc(CC(=O)O)cc1)c1ccc(N)nc1. The molecule has 7 nitrogen and oxygen atoms in total. The van der Waals surface area contributed by atoms with Crippen molar-refractivity contribution in [2.75, 3.05) is 18.9 Å². The maximum absolute atomic E-state index is 10.7. The number of aliphatic carboxylic acids is 1. The smallest absolute Gasteiger partial charge is 0.307 e. The second kappa shape index (κ2) is 8.28. The highest BCUT2D eigenvalue weighted by molar-refractivity contribution is 5.70. The van der Waals surface area contributed by atoms with E-state index >= 15 is 0 Å². The Hall–Kier alpha value is -2.64. The summed E-state index contributed by atoms with van der Waals surface area (Å²) in [6.45, 7) is 2.47. The Labute approximate surface area is 140 Å². The van der Waals surface area contributed by atoms with Gasteiger partial charge in [0, 0.05) is 12.7 Å². The number of nitrogens with two attached hydrogens (primary N) is 1. The molecule has 0 fully saturated rings. The lowest BCUT2D eigenvalue weighted by Crippen LogP contribution is -2.29. The number of benzene rings is 1. The number of aromatic nitrogens is 1. The van der Waals surface area contributed by atoms with E-state index in [9.17, 15) is 10.0 Å². The quantitative estimate of drug-likeness (QED) is 0.636. The third-order valence-electron chi connectivity index (χ3n) is 3.56. The van der Waals surface area contributed by atoms with E-state index in [1.807, 2.05) is 6.92 Å². The van der Waals surface area contributed by atoms with E-state index in [4.69, 9.17) is 15.6 Å². The number of hydrogen-bond acceptors (Lipinski definition) is 6. The summed E-state index contributed by atoms with van der Waals surface area (Å²) in [5, 5.41) is 20.0. The largest absolute Gasteiger partial charge is 0.492 e. The van der Waals surface area contributed by atoms with Gasteiger partial charge in [0.25, 0.3) is 0 Å². The molecule has 1 heterocycles. The molecular weight excluding hydrogens is 310 g/mol. The van der Waals surface area contributed by atoms with E-state index in [2.05, 4.69) is 4.98 Å². The first kappa shape index (κ1) is 17.7. The van der Waals surface area contributed by atoms with Crippen LogP contribution in [0, 0.1) is 0 Å². The van der Waals surface area contributed by atoms with Gasteiger partial charge in [0.2, 0.25) is 0 Å². The average Bonchev–Trinajstić information content (AvgIpc) is 2.57. The van der Waals surface area contributed by atoms with Crippen LogP contribution in [0.2, 0.25) is 0 Å². The van der Waals surface area contributed by atoms with Crippen molar-refractivity contribution in [1.29, 1.82) is 0 Å². The number of pyridine rings is 1. The van der Waals surface area contributed by atoms with Crippen molar-refractivity contribution in [3.05, 3.63) is 53.7 Å². The van der Waals surface area contributed by atoms with Gasteiger partial charge in [-0.15, -0.1) is 0 Å². The van der Waals surface area contributed by atoms with Gasteiger partial charge in [-0.05, 0) is 29.3 Å². The molecule has 2 aromatic rings. The van der Waals surface area contributed by atoms with Crippen LogP contribution in [0.1, 0.15) is 24.1 Å². The fraction of sp³-hybridized carbons (Fsp3) is 0.294. The Morgan fingerprint density at radius 1 is 1.29 bits per heavy atom. The summed E-state index contributed by atoms with van der Waals surface area (Å²) in [5.74, 6) is 0.133. The van der Waals surface area contributed by atoms with Crippen LogP contribution in [-0.4, -0.2) is 39.5 Å². The molecule has 0 aliphatic rings. The number of carbonyl (C=O) groups is 1. The van der Waals surface area contributed by atoms with Crippen molar-refractivity contribution in [3.8, 4) is 5.75 Å². The molecule has 0 aliphatic heterocycles. The number of hydroxylamine groups is 2. The molecule has 0 saturated heterocycles. The lowest BCUT2D eigenvalue weighted by molar-refractivity contribution is -0.136. The molecule has 0 amide bonds. The van der Waals surface area contributed by atoms with E-state index in [0.29, 0.717) is 23.7 Å². The van der Waals surface area contributed by atoms with E-state index in [1.165, 1.54) is 5.06 Å². The van der Waals surface area contributed by atoms with Gasteiger partial charge in [0.05, 0.1) is 12.5 Å². The van der Waals surface area contributed by atoms with Gasteiger partial charge in [-0.3, -0.25) is 4.79 Å². The van der Waals surface area contributed by atoms with E-state index in [1.54, 1.807) is 42.6 Å². The summed E-state index contributed by atoms with van der Waals surface area (Å²) in [6, 6.07) is 9.92. The zero-order valence-electron chi connectivity index (χ0n) is 13.4. The molecule has 7 heteroatoms. The van der Waals surface area contributed by atoms with Crippen LogP contribution in [0.25, 0.3) is 0 Å². The lowest BCUT2D eigenvalue weighted by atomic mass is 10.1. The van der Waals surface area contributed by atoms with Crippen molar-refractivity contribution in [2.24, 2.45) is 0 Å². The van der Waals surface area contributed by atoms with E-state index in [-0.39, 0.29) is 19.1 Å². The first-order chi connectivity index (χ1) is 11.5. The molecule has 0 unspecified atom stereocenters. The number of likely N-dealkylation sites (N-methyl/N-ethyl adjacent to an activating group) is 1. The molecule has 0 radical (unpaired) electrons. The molecule has 1 aromatic heterocycles. The number of ether oxygens (including phenoxy) is 1. The molecule has 0 spiro atoms. The molecule has 4 N–H and O–H groups in total. The zero-order chi connectivity index (χ0) is 17.5. The maximum atomic E-state index is 10.7. The van der Waals surface area contributed by atoms with Crippen LogP contribution in [0.3, 0.4) is 0 Å². The highest BCUT2D eigenvalue weighted by atomic mass is 16.5. The number of nitrogen functional groups attached to an aromatic ring is 1. The van der Waals surface area contributed by atoms with Crippen molar-refractivity contribution in [3.63, 3.8) is 0 Å². The van der Waals surface area contributed by atoms with Crippen LogP contribution in [0.4, 0.5) is 5.82 Å². The molecule has 128 valence electrons. The van der Waals surface area contributed by atoms with Crippen LogP contribution < -0.4 is 10.5 Å². The Morgan fingerprint density at radius 3 is 2.54 bits per heavy atom. The minimum absolute atomic E-state index is 0.0275. The van der Waals surface area contributed by atoms with Crippen molar-refractivity contribution in [1.82, 2.24) is 10.0 Å². The minimum Gasteiger partial charge on any atom is -0.492 e. The fourth-order valence-electron chi connectivity index (χ4n) is 2.24. The summed E-state index contributed by atoms with van der Waals surface area (Å²) < 4.78 is 5.73. The summed E-state index contributed by atoms with van der Waals surface area (Å²) in [4.78, 5) is 14.7. The fourth-order valence-corrected chi connectivity index (χ4v) is 2.24. The van der Waals surface area contributed by atoms with Crippen molar-refractivity contribution >= 4 is 11.8 Å². The Morgan fingerprint density at radius 2 is 2.00 bits per heavy atom. The summed E-state index contributed by atoms with van der Waals surface area (Å²) >= 11 is 0. The van der Waals surface area contributed by atoms with Crippen LogP contribution in [-0.2, 0) is 11.2 Å². The Bertz CT molecular complexity index is 659. The maximum Gasteiger partial charge on any atom is 0.307 e. The molecule has 0 bridgehead atoms. The Kier molecular flexibility index (Phi) is 6.11. The number of carboxylic acids is 1. The number of carboxylic acid groups (broad SMARTS) is 1. The highest BCUT2D eigenvalue weighted by Crippen LogP contribution is 2.21. The second-order valence-electron chi connectivity index (χ2n) is 5.31. The van der Waals surface area contributed by atoms with E-state index in [0.717, 1.165) is 5.56 Å². The second-order valence-corrected chi connectivity index (χ2v) is 5.31. The third kappa shape index (κ3) is 4.94. The van der Waals surface area contributed by atoms with Gasteiger partial charge in [-0.25, -0.2) is 4.98 Å². The molecule has 2 rings (SSSR count). The van der Waals surface area contributed by atoms with Gasteiger partial charge in [0.1, 0.15) is 18.2 Å². The molecule has 0 aliphatic carbocycles. The number of hydrogen-bond donors (Lipinski definition) is 3. The Balaban J connectivity index is 2.04. The monoisotopic (exact) mass is 331 g/mol. The zero-order valence-corrected chi connectivity index (χ0v) is 13.4. The molecule has 24 heavy (non-hydrogen) atoms. The van der Waals surface area contributed by atoms with Crippen LogP contribution >= 0.6 is 0 Å². The molecule has 1 aromatic carbocycles. The highest BCUT2D eigenvalue weighted by Gasteiger charge is 2.19. The predicted octanol–water partition coefficient (Wildman–Crippen LogP) is 2.12. The normalized spacial score (nSPS) is 12.1. The van der Waals surface area contributed by atoms with Gasteiger partial charge >= 0.3 is 5.97 Å². The van der Waals surface area contributed by atoms with Gasteiger partial charge in [-0.2, -0.15) is 5.06 Å². The predicted molar refractivity (Wildman–Crippen MR) is 88.8 cm³/mol. The van der Waals surface area contributed by atoms with Crippen LogP contribution in [0.5, 0.6) is 5.75 Å². The van der Waals surface area contributed by atoms with Gasteiger partial charge in [0.15, 0.2) is 0 Å². The number of anilines is 1. The van der Waals surface area contributed by atoms with Crippen molar-refractivity contribution < 1.29 is 19.8 Å². The topological polar surface area (TPSA) is 109 Å². The molecular formula is C17H21N3O4. The van der Waals surface area contributed by atoms with Gasteiger partial charge in [-0.1, -0.05) is 25.1 Å². The average molecular weight is 331 g/mol. The van der Waals surface area contributed by atoms with Gasteiger partial charge < -0.3 is 20.8 Å². The first-order valence-electron chi connectivity index (χ1n) is 7.60. The summed E-state index contributed by atoms with van der Waals surface area (Å²) in [5.41, 5.74) is 7.08. The minimum atomic E-state index is -0.876. The first-order valence-corrected chi connectivity index (χ1v) is 7.60. The van der Waals surface area contributed by atoms with Crippen LogP contribution in [0.15, 0.2) is 42.6 Å². The number of nitrogens with zero attached hydrogens (tertiary/aromatic N) is 2. The molecule has 0 saturated carbocycles. The van der Waals surface area contributed by atoms with E-state index < -0.39 is 5.97 Å². The lowest BCUT2D eigenvalue weighted by Gasteiger charge is -2.25. The van der Waals surface area contributed by atoms with Crippen molar-refractivity contribution in [2.45, 2.75) is 19.4 Å². The standard InChI is InChI=1S/C17H21N3O4/c1-2-20(23)15(13-5-8-16(18)19-10-13)11-24-14-6-3-12(4-7-14)9-17(21)22/h3-8,10,15,23H,2,9,11H2,1H3,(H2,18,19)(H,21,22)/t15-/m0/s1. The third-order valence-corrected chi connectivity index (χ3v) is 3.56. The molecule has 1 atom stereocenters. The summed E-state index contributed by atoms with van der Waals surface area (Å²) in [7, 11) is 0. The number of rotatable bonds is 8. The summed E-state index contributed by atoms with van der Waals surface area (Å²) in [6.07, 6.45) is 1.58.